The third-order valence-corrected chi connectivity index (χ3v) is 6.88. The van der Waals surface area contributed by atoms with Gasteiger partial charge in [0.25, 0.3) is 0 Å². The van der Waals surface area contributed by atoms with Gasteiger partial charge in [0.05, 0.1) is 11.4 Å². The summed E-state index contributed by atoms with van der Waals surface area (Å²) in [5.74, 6) is 0.123. The Labute approximate surface area is 182 Å². The summed E-state index contributed by atoms with van der Waals surface area (Å²) in [5.41, 5.74) is 9.74. The van der Waals surface area contributed by atoms with Crippen molar-refractivity contribution < 1.29 is 4.79 Å². The SMILES string of the molecule is CC1(C)c2ccccc2N(c2ccc3c(c2)C(=O)c2ccccc2C3)c2ccccc21. The molecule has 0 bridgehead atoms. The first-order valence-corrected chi connectivity index (χ1v) is 10.8. The second-order valence-corrected chi connectivity index (χ2v) is 9.00. The average molecular weight is 402 g/mol. The largest absolute Gasteiger partial charge is 0.310 e. The molecule has 1 aliphatic heterocycles. The summed E-state index contributed by atoms with van der Waals surface area (Å²) in [4.78, 5) is 15.6. The molecule has 0 amide bonds. The van der Waals surface area contributed by atoms with Crippen LogP contribution in [0.2, 0.25) is 0 Å². The lowest BCUT2D eigenvalue weighted by atomic mass is 9.73. The maximum absolute atomic E-state index is 13.3. The number of nitrogens with zero attached hydrogens (tertiary/aromatic N) is 1. The highest BCUT2D eigenvalue weighted by molar-refractivity contribution is 6.13. The van der Waals surface area contributed by atoms with E-state index >= 15 is 0 Å². The molecule has 0 saturated carbocycles. The minimum atomic E-state index is -0.0906. The molecule has 0 spiro atoms. The van der Waals surface area contributed by atoms with Gasteiger partial charge in [-0.05, 0) is 52.9 Å². The number of para-hydroxylation sites is 2. The van der Waals surface area contributed by atoms with Crippen LogP contribution < -0.4 is 4.90 Å². The number of hydrogen-bond donors (Lipinski definition) is 0. The highest BCUT2D eigenvalue weighted by Gasteiger charge is 2.36. The highest BCUT2D eigenvalue weighted by Crippen LogP contribution is 2.51. The summed E-state index contributed by atoms with van der Waals surface area (Å²) in [6, 6.07) is 31.5. The van der Waals surface area contributed by atoms with E-state index in [1.54, 1.807) is 0 Å². The van der Waals surface area contributed by atoms with Crippen LogP contribution in [0.15, 0.2) is 91.0 Å². The van der Waals surface area contributed by atoms with E-state index in [2.05, 4.69) is 91.5 Å². The summed E-state index contributed by atoms with van der Waals surface area (Å²) in [7, 11) is 0. The smallest absolute Gasteiger partial charge is 0.193 e. The fourth-order valence-corrected chi connectivity index (χ4v) is 5.26. The lowest BCUT2D eigenvalue weighted by molar-refractivity contribution is 0.103. The van der Waals surface area contributed by atoms with Gasteiger partial charge in [-0.1, -0.05) is 80.6 Å². The number of ketones is 1. The van der Waals surface area contributed by atoms with Gasteiger partial charge in [-0.25, -0.2) is 0 Å². The van der Waals surface area contributed by atoms with Crippen molar-refractivity contribution in [3.05, 3.63) is 124 Å². The topological polar surface area (TPSA) is 20.3 Å². The maximum Gasteiger partial charge on any atom is 0.193 e. The molecule has 2 nitrogen and oxygen atoms in total. The summed E-state index contributed by atoms with van der Waals surface area (Å²) in [6.07, 6.45) is 0.803. The van der Waals surface area contributed by atoms with Crippen molar-refractivity contribution in [1.82, 2.24) is 0 Å². The molecule has 0 saturated heterocycles. The first-order chi connectivity index (χ1) is 15.1. The minimum absolute atomic E-state index is 0.0906. The molecular weight excluding hydrogens is 378 g/mol. The Kier molecular flexibility index (Phi) is 3.76. The van der Waals surface area contributed by atoms with Crippen LogP contribution in [0.25, 0.3) is 0 Å². The number of hydrogen-bond acceptors (Lipinski definition) is 2. The molecule has 1 heterocycles. The zero-order valence-electron chi connectivity index (χ0n) is 17.7. The Hall–Kier alpha value is -3.65. The number of carbonyl (C=O) groups excluding carboxylic acids is 1. The number of rotatable bonds is 1. The first kappa shape index (κ1) is 18.1. The number of benzene rings is 4. The van der Waals surface area contributed by atoms with E-state index in [0.29, 0.717) is 0 Å². The van der Waals surface area contributed by atoms with Crippen LogP contribution in [-0.2, 0) is 11.8 Å². The molecule has 0 atom stereocenters. The summed E-state index contributed by atoms with van der Waals surface area (Å²) >= 11 is 0. The fraction of sp³-hybridized carbons (Fsp3) is 0.138. The molecule has 31 heavy (non-hydrogen) atoms. The monoisotopic (exact) mass is 401 g/mol. The number of fused-ring (bicyclic) bond motifs is 4. The van der Waals surface area contributed by atoms with Crippen LogP contribution in [0.3, 0.4) is 0 Å². The van der Waals surface area contributed by atoms with Crippen LogP contribution in [0.4, 0.5) is 17.1 Å². The molecule has 2 heteroatoms. The van der Waals surface area contributed by atoms with Gasteiger partial charge in [0, 0.05) is 22.2 Å². The van der Waals surface area contributed by atoms with Gasteiger partial charge in [-0.3, -0.25) is 4.79 Å². The van der Waals surface area contributed by atoms with Gasteiger partial charge in [-0.15, -0.1) is 0 Å². The molecule has 0 fully saturated rings. The first-order valence-electron chi connectivity index (χ1n) is 10.8. The summed E-state index contributed by atoms with van der Waals surface area (Å²) in [5, 5.41) is 0. The van der Waals surface area contributed by atoms with E-state index in [0.717, 1.165) is 34.4 Å². The van der Waals surface area contributed by atoms with Gasteiger partial charge in [0.15, 0.2) is 5.78 Å². The molecule has 6 rings (SSSR count). The van der Waals surface area contributed by atoms with Crippen LogP contribution >= 0.6 is 0 Å². The van der Waals surface area contributed by atoms with E-state index in [1.807, 2.05) is 18.2 Å². The van der Waals surface area contributed by atoms with E-state index in [4.69, 9.17) is 0 Å². The summed E-state index contributed by atoms with van der Waals surface area (Å²) in [6.45, 7) is 4.57. The Morgan fingerprint density at radius 2 is 1.26 bits per heavy atom. The van der Waals surface area contributed by atoms with E-state index in [-0.39, 0.29) is 11.2 Å². The van der Waals surface area contributed by atoms with Gasteiger partial charge >= 0.3 is 0 Å². The standard InChI is InChI=1S/C29H23NO/c1-29(2)24-11-5-7-13-26(24)30(27-14-8-6-12-25(27)29)21-16-15-20-17-19-9-3-4-10-22(19)28(31)23(20)18-21/h3-16,18H,17H2,1-2H3. The maximum atomic E-state index is 13.3. The fourth-order valence-electron chi connectivity index (χ4n) is 5.26. The molecule has 2 aliphatic rings. The third kappa shape index (κ3) is 2.55. The molecule has 0 unspecified atom stereocenters. The van der Waals surface area contributed by atoms with Gasteiger partial charge in [-0.2, -0.15) is 0 Å². The number of anilines is 3. The molecule has 0 radical (unpaired) electrons. The zero-order chi connectivity index (χ0) is 21.2. The molecule has 150 valence electrons. The second kappa shape index (κ2) is 6.42. The van der Waals surface area contributed by atoms with Crippen LogP contribution in [-0.4, -0.2) is 5.78 Å². The molecular formula is C29H23NO. The average Bonchev–Trinajstić information content (AvgIpc) is 2.80. The predicted octanol–water partition coefficient (Wildman–Crippen LogP) is 6.93. The molecule has 4 aromatic carbocycles. The molecule has 1 aliphatic carbocycles. The van der Waals surface area contributed by atoms with Crippen molar-refractivity contribution in [2.75, 3.05) is 4.90 Å². The van der Waals surface area contributed by atoms with Crippen molar-refractivity contribution in [1.29, 1.82) is 0 Å². The second-order valence-electron chi connectivity index (χ2n) is 9.00. The third-order valence-electron chi connectivity index (χ3n) is 6.88. The van der Waals surface area contributed by atoms with E-state index in [9.17, 15) is 4.79 Å². The highest BCUT2D eigenvalue weighted by atomic mass is 16.1. The molecule has 0 N–H and O–H groups in total. The van der Waals surface area contributed by atoms with Gasteiger partial charge in [0.2, 0.25) is 0 Å². The van der Waals surface area contributed by atoms with Crippen molar-refractivity contribution in [3.63, 3.8) is 0 Å². The zero-order valence-corrected chi connectivity index (χ0v) is 17.7. The normalized spacial score (nSPS) is 15.5. The van der Waals surface area contributed by atoms with Crippen LogP contribution in [0.1, 0.15) is 52.0 Å². The Balaban J connectivity index is 1.56. The van der Waals surface area contributed by atoms with Crippen LogP contribution in [0.5, 0.6) is 0 Å². The quantitative estimate of drug-likeness (QED) is 0.303. The lowest BCUT2D eigenvalue weighted by Gasteiger charge is -2.42. The van der Waals surface area contributed by atoms with Crippen LogP contribution in [0, 0.1) is 0 Å². The molecule has 0 aromatic heterocycles. The molecule has 4 aromatic rings. The van der Waals surface area contributed by atoms with Crippen molar-refractivity contribution >= 4 is 22.8 Å². The van der Waals surface area contributed by atoms with Crippen molar-refractivity contribution in [2.45, 2.75) is 25.7 Å². The van der Waals surface area contributed by atoms with E-state index in [1.165, 1.54) is 22.5 Å². The van der Waals surface area contributed by atoms with E-state index < -0.39 is 0 Å². The van der Waals surface area contributed by atoms with Crippen molar-refractivity contribution in [3.8, 4) is 0 Å². The van der Waals surface area contributed by atoms with Gasteiger partial charge < -0.3 is 4.90 Å². The Morgan fingerprint density at radius 3 is 1.97 bits per heavy atom. The minimum Gasteiger partial charge on any atom is -0.310 e. The Morgan fingerprint density at radius 1 is 0.677 bits per heavy atom. The summed E-state index contributed by atoms with van der Waals surface area (Å²) < 4.78 is 0. The van der Waals surface area contributed by atoms with Crippen molar-refractivity contribution in [2.24, 2.45) is 0 Å². The lowest BCUT2D eigenvalue weighted by Crippen LogP contribution is -2.30. The Bertz CT molecular complexity index is 1320. The number of carbonyl (C=O) groups is 1. The predicted molar refractivity (Wildman–Crippen MR) is 126 cm³/mol. The van der Waals surface area contributed by atoms with Gasteiger partial charge in [0.1, 0.15) is 0 Å².